The third-order valence-electron chi connectivity index (χ3n) is 4.85. The van der Waals surface area contributed by atoms with Crippen molar-refractivity contribution < 1.29 is 9.53 Å². The van der Waals surface area contributed by atoms with Crippen LogP contribution in [0.5, 0.6) is 0 Å². The lowest BCUT2D eigenvalue weighted by Gasteiger charge is -2.36. The van der Waals surface area contributed by atoms with Crippen LogP contribution in [-0.2, 0) is 4.74 Å². The van der Waals surface area contributed by atoms with Gasteiger partial charge in [-0.25, -0.2) is 9.78 Å². The minimum Gasteiger partial charge on any atom is -0.461 e. The summed E-state index contributed by atoms with van der Waals surface area (Å²) in [5.41, 5.74) is 0.894. The van der Waals surface area contributed by atoms with E-state index in [0.717, 1.165) is 47.4 Å². The standard InChI is InChI=1S/C19H26ClN3O2S/c1-5-13-8-6-7-9-23(13)16-14-12(4)15(18(24)25-10-11(2)3)26-17(14)22-19(20)21-16/h11,13H,5-10H2,1-4H3. The van der Waals surface area contributed by atoms with Gasteiger partial charge in [0.05, 0.1) is 12.0 Å². The number of anilines is 1. The van der Waals surface area contributed by atoms with Gasteiger partial charge in [-0.2, -0.15) is 4.98 Å². The van der Waals surface area contributed by atoms with Gasteiger partial charge in [-0.15, -0.1) is 11.3 Å². The minimum atomic E-state index is -0.285. The Kier molecular flexibility index (Phi) is 6.03. The Morgan fingerprint density at radius 1 is 1.38 bits per heavy atom. The molecule has 1 unspecified atom stereocenters. The number of carbonyl (C=O) groups is 1. The molecule has 1 atom stereocenters. The van der Waals surface area contributed by atoms with Crippen LogP contribution in [0.15, 0.2) is 0 Å². The van der Waals surface area contributed by atoms with Crippen LogP contribution in [0.25, 0.3) is 10.2 Å². The summed E-state index contributed by atoms with van der Waals surface area (Å²) in [4.78, 5) is 25.2. The first kappa shape index (κ1) is 19.4. The van der Waals surface area contributed by atoms with Crippen LogP contribution in [0.4, 0.5) is 5.82 Å². The molecule has 1 aliphatic heterocycles. The molecule has 1 aliphatic rings. The number of hydrogen-bond donors (Lipinski definition) is 0. The summed E-state index contributed by atoms with van der Waals surface area (Å²) < 4.78 is 5.43. The van der Waals surface area contributed by atoms with E-state index >= 15 is 0 Å². The highest BCUT2D eigenvalue weighted by molar-refractivity contribution is 7.20. The Labute approximate surface area is 163 Å². The number of thiophene rings is 1. The zero-order valence-electron chi connectivity index (χ0n) is 15.8. The van der Waals surface area contributed by atoms with Crippen LogP contribution in [0, 0.1) is 12.8 Å². The fourth-order valence-corrected chi connectivity index (χ4v) is 4.79. The van der Waals surface area contributed by atoms with Gasteiger partial charge in [0, 0.05) is 12.6 Å². The quantitative estimate of drug-likeness (QED) is 0.512. The van der Waals surface area contributed by atoms with E-state index in [1.54, 1.807) is 0 Å². The maximum Gasteiger partial charge on any atom is 0.348 e. The Morgan fingerprint density at radius 3 is 2.85 bits per heavy atom. The van der Waals surface area contributed by atoms with E-state index < -0.39 is 0 Å². The second kappa shape index (κ2) is 8.09. The van der Waals surface area contributed by atoms with Crippen LogP contribution in [0.2, 0.25) is 5.28 Å². The van der Waals surface area contributed by atoms with Gasteiger partial charge in [-0.05, 0) is 55.7 Å². The first-order valence-corrected chi connectivity index (χ1v) is 10.5. The number of ether oxygens (including phenoxy) is 1. The third kappa shape index (κ3) is 3.81. The Morgan fingerprint density at radius 2 is 2.15 bits per heavy atom. The molecular weight excluding hydrogens is 370 g/mol. The van der Waals surface area contributed by atoms with Crippen molar-refractivity contribution in [3.05, 3.63) is 15.7 Å². The average molecular weight is 396 g/mol. The number of hydrogen-bond acceptors (Lipinski definition) is 6. The summed E-state index contributed by atoms with van der Waals surface area (Å²) in [6, 6.07) is 0.452. The molecule has 1 saturated heterocycles. The van der Waals surface area contributed by atoms with E-state index in [-0.39, 0.29) is 11.3 Å². The molecule has 0 saturated carbocycles. The van der Waals surface area contributed by atoms with Crippen molar-refractivity contribution in [2.75, 3.05) is 18.1 Å². The first-order valence-electron chi connectivity index (χ1n) is 9.32. The summed E-state index contributed by atoms with van der Waals surface area (Å²) in [5.74, 6) is 0.882. The van der Waals surface area contributed by atoms with Gasteiger partial charge in [0.15, 0.2) is 0 Å². The van der Waals surface area contributed by atoms with Crippen molar-refractivity contribution in [1.82, 2.24) is 9.97 Å². The molecule has 2 aromatic rings. The fourth-order valence-electron chi connectivity index (χ4n) is 3.51. The number of esters is 1. The predicted molar refractivity (Wildman–Crippen MR) is 108 cm³/mol. The van der Waals surface area contributed by atoms with E-state index in [4.69, 9.17) is 16.3 Å². The molecule has 0 N–H and O–H groups in total. The second-order valence-electron chi connectivity index (χ2n) is 7.30. The fraction of sp³-hybridized carbons (Fsp3) is 0.632. The summed E-state index contributed by atoms with van der Waals surface area (Å²) in [7, 11) is 0. The van der Waals surface area contributed by atoms with Crippen molar-refractivity contribution in [1.29, 1.82) is 0 Å². The van der Waals surface area contributed by atoms with Crippen LogP contribution < -0.4 is 4.90 Å². The van der Waals surface area contributed by atoms with Crippen LogP contribution >= 0.6 is 22.9 Å². The van der Waals surface area contributed by atoms with E-state index in [2.05, 4.69) is 21.8 Å². The van der Waals surface area contributed by atoms with Crippen molar-refractivity contribution in [3.8, 4) is 0 Å². The molecule has 0 amide bonds. The third-order valence-corrected chi connectivity index (χ3v) is 6.18. The Bertz CT molecular complexity index is 806. The van der Waals surface area contributed by atoms with Gasteiger partial charge in [0.25, 0.3) is 0 Å². The van der Waals surface area contributed by atoms with E-state index in [0.29, 0.717) is 23.4 Å². The van der Waals surface area contributed by atoms with E-state index in [1.807, 2.05) is 20.8 Å². The monoisotopic (exact) mass is 395 g/mol. The Hall–Kier alpha value is -1.40. The van der Waals surface area contributed by atoms with Crippen molar-refractivity contribution in [2.45, 2.75) is 59.4 Å². The molecule has 0 aliphatic carbocycles. The number of aryl methyl sites for hydroxylation is 1. The second-order valence-corrected chi connectivity index (χ2v) is 8.63. The number of rotatable bonds is 5. The summed E-state index contributed by atoms with van der Waals surface area (Å²) in [6.45, 7) is 9.58. The van der Waals surface area contributed by atoms with Crippen LogP contribution in [0.1, 0.15) is 61.7 Å². The highest BCUT2D eigenvalue weighted by atomic mass is 35.5. The smallest absolute Gasteiger partial charge is 0.348 e. The van der Waals surface area contributed by atoms with Gasteiger partial charge < -0.3 is 9.64 Å². The molecule has 0 radical (unpaired) electrons. The molecule has 0 spiro atoms. The zero-order chi connectivity index (χ0) is 18.8. The molecular formula is C19H26ClN3O2S. The summed E-state index contributed by atoms with van der Waals surface area (Å²) >= 11 is 7.57. The maximum absolute atomic E-state index is 12.5. The van der Waals surface area contributed by atoms with Gasteiger partial charge in [-0.1, -0.05) is 20.8 Å². The number of fused-ring (bicyclic) bond motifs is 1. The number of piperidine rings is 1. The average Bonchev–Trinajstić information content (AvgIpc) is 2.95. The highest BCUT2D eigenvalue weighted by Gasteiger charge is 2.28. The van der Waals surface area contributed by atoms with Gasteiger partial charge in [0.2, 0.25) is 5.28 Å². The molecule has 142 valence electrons. The largest absolute Gasteiger partial charge is 0.461 e. The van der Waals surface area contributed by atoms with Crippen molar-refractivity contribution >= 4 is 44.9 Å². The molecule has 0 aromatic carbocycles. The van der Waals surface area contributed by atoms with Crippen molar-refractivity contribution in [3.63, 3.8) is 0 Å². The highest BCUT2D eigenvalue weighted by Crippen LogP contribution is 2.38. The van der Waals surface area contributed by atoms with Gasteiger partial charge in [0.1, 0.15) is 15.5 Å². The van der Waals surface area contributed by atoms with E-state index in [9.17, 15) is 4.79 Å². The number of nitrogens with zero attached hydrogens (tertiary/aromatic N) is 3. The maximum atomic E-state index is 12.5. The van der Waals surface area contributed by atoms with E-state index in [1.165, 1.54) is 17.8 Å². The molecule has 3 rings (SSSR count). The number of halogens is 1. The molecule has 2 aromatic heterocycles. The van der Waals surface area contributed by atoms with Gasteiger partial charge in [-0.3, -0.25) is 0 Å². The first-order chi connectivity index (χ1) is 12.4. The predicted octanol–water partition coefficient (Wildman–Crippen LogP) is 5.23. The number of aromatic nitrogens is 2. The lowest BCUT2D eigenvalue weighted by atomic mass is 9.99. The van der Waals surface area contributed by atoms with Crippen LogP contribution in [-0.4, -0.2) is 35.1 Å². The number of carbonyl (C=O) groups excluding carboxylic acids is 1. The zero-order valence-corrected chi connectivity index (χ0v) is 17.4. The summed E-state index contributed by atoms with van der Waals surface area (Å²) in [6.07, 6.45) is 4.61. The van der Waals surface area contributed by atoms with Crippen LogP contribution in [0.3, 0.4) is 0 Å². The molecule has 1 fully saturated rings. The van der Waals surface area contributed by atoms with Gasteiger partial charge >= 0.3 is 5.97 Å². The summed E-state index contributed by atoms with van der Waals surface area (Å²) in [5, 5.41) is 1.17. The topological polar surface area (TPSA) is 55.3 Å². The lowest BCUT2D eigenvalue weighted by molar-refractivity contribution is 0.0464. The lowest BCUT2D eigenvalue weighted by Crippen LogP contribution is -2.39. The SMILES string of the molecule is CCC1CCCCN1c1nc(Cl)nc2sc(C(=O)OCC(C)C)c(C)c12. The molecule has 3 heterocycles. The molecule has 5 nitrogen and oxygen atoms in total. The molecule has 0 bridgehead atoms. The molecule has 26 heavy (non-hydrogen) atoms. The molecule has 7 heteroatoms. The normalized spacial score (nSPS) is 17.9. The minimum absolute atomic E-state index is 0.233. The van der Waals surface area contributed by atoms with Crippen molar-refractivity contribution in [2.24, 2.45) is 5.92 Å². The Balaban J connectivity index is 2.05.